The molecule has 0 aliphatic carbocycles. The number of nitrogen functional groups attached to an aromatic ring is 1. The second-order valence-electron chi connectivity index (χ2n) is 4.37. The minimum Gasteiger partial charge on any atom is -0.399 e. The summed E-state index contributed by atoms with van der Waals surface area (Å²) in [5.74, 6) is 0. The first-order valence-electron chi connectivity index (χ1n) is 6.54. The largest absolute Gasteiger partial charge is 0.399 e. The summed E-state index contributed by atoms with van der Waals surface area (Å²) in [6, 6.07) is 5.02. The Balaban J connectivity index is 3.26. The maximum atomic E-state index is 12.1. The Morgan fingerprint density at radius 2 is 2.00 bits per heavy atom. The zero-order valence-corrected chi connectivity index (χ0v) is 12.6. The van der Waals surface area contributed by atoms with Gasteiger partial charge in [0, 0.05) is 18.8 Å². The maximum absolute atomic E-state index is 12.1. The van der Waals surface area contributed by atoms with Crippen molar-refractivity contribution in [3.05, 3.63) is 18.2 Å². The summed E-state index contributed by atoms with van der Waals surface area (Å²) in [6.45, 7) is 5.73. The van der Waals surface area contributed by atoms with Crippen LogP contribution in [0, 0.1) is 0 Å². The van der Waals surface area contributed by atoms with Gasteiger partial charge in [-0.15, -0.1) is 0 Å². The molecule has 0 radical (unpaired) electrons. The summed E-state index contributed by atoms with van der Waals surface area (Å²) in [5, 5.41) is 0. The minimum atomic E-state index is -3.50. The van der Waals surface area contributed by atoms with Crippen LogP contribution in [0.5, 0.6) is 0 Å². The molecule has 0 atom stereocenters. The molecule has 0 fully saturated rings. The Morgan fingerprint density at radius 3 is 2.53 bits per heavy atom. The second-order valence-corrected chi connectivity index (χ2v) is 6.22. The molecule has 0 amide bonds. The van der Waals surface area contributed by atoms with Gasteiger partial charge in [0.05, 0.1) is 5.69 Å². The van der Waals surface area contributed by atoms with Crippen LogP contribution in [-0.2, 0) is 10.0 Å². The number of rotatable bonds is 7. The molecule has 0 unspecified atom stereocenters. The Bertz CT molecular complexity index is 515. The highest BCUT2D eigenvalue weighted by atomic mass is 32.2. The van der Waals surface area contributed by atoms with E-state index in [0.29, 0.717) is 11.4 Å². The Labute approximate surface area is 115 Å². The summed E-state index contributed by atoms with van der Waals surface area (Å²) in [5.41, 5.74) is 6.87. The van der Waals surface area contributed by atoms with Crippen LogP contribution in [-0.4, -0.2) is 28.6 Å². The number of unbranched alkanes of at least 4 members (excludes halogenated alkanes) is 1. The molecule has 1 aromatic carbocycles. The number of hydrogen-bond acceptors (Lipinski definition) is 4. The van der Waals surface area contributed by atoms with Crippen LogP contribution >= 0.6 is 0 Å². The van der Waals surface area contributed by atoms with E-state index >= 15 is 0 Å². The van der Waals surface area contributed by atoms with Gasteiger partial charge in [0.25, 0.3) is 0 Å². The van der Waals surface area contributed by atoms with Crippen LogP contribution < -0.4 is 15.4 Å². The van der Waals surface area contributed by atoms with E-state index in [2.05, 4.69) is 16.5 Å². The summed E-state index contributed by atoms with van der Waals surface area (Å²) in [6.07, 6.45) is 2.09. The molecule has 1 rings (SSSR count). The van der Waals surface area contributed by atoms with E-state index < -0.39 is 10.0 Å². The molecule has 0 aliphatic rings. The molecule has 0 bridgehead atoms. The lowest BCUT2D eigenvalue weighted by molar-refractivity contribution is 0.587. The topological polar surface area (TPSA) is 75.4 Å². The van der Waals surface area contributed by atoms with Gasteiger partial charge in [0.15, 0.2) is 0 Å². The van der Waals surface area contributed by atoms with E-state index in [4.69, 9.17) is 5.73 Å². The number of nitrogens with zero attached hydrogens (tertiary/aromatic N) is 1. The predicted octanol–water partition coefficient (Wildman–Crippen LogP) is 1.80. The lowest BCUT2D eigenvalue weighted by atomic mass is 10.2. The number of anilines is 2. The zero-order valence-electron chi connectivity index (χ0n) is 11.8. The van der Waals surface area contributed by atoms with Crippen molar-refractivity contribution in [1.82, 2.24) is 4.72 Å². The third kappa shape index (κ3) is 3.84. The molecule has 0 spiro atoms. The number of nitrogens with one attached hydrogen (secondary N) is 1. The van der Waals surface area contributed by atoms with Gasteiger partial charge in [0.2, 0.25) is 10.0 Å². The maximum Gasteiger partial charge on any atom is 0.242 e. The fourth-order valence-electron chi connectivity index (χ4n) is 1.92. The molecule has 19 heavy (non-hydrogen) atoms. The van der Waals surface area contributed by atoms with Crippen LogP contribution in [0.4, 0.5) is 11.4 Å². The van der Waals surface area contributed by atoms with E-state index in [0.717, 1.165) is 25.9 Å². The highest BCUT2D eigenvalue weighted by Crippen LogP contribution is 2.27. The molecule has 0 aliphatic heterocycles. The van der Waals surface area contributed by atoms with Gasteiger partial charge in [-0.05, 0) is 38.6 Å². The lowest BCUT2D eigenvalue weighted by Crippen LogP contribution is -2.28. The van der Waals surface area contributed by atoms with Crippen molar-refractivity contribution >= 4 is 21.4 Å². The van der Waals surface area contributed by atoms with Crippen molar-refractivity contribution in [2.75, 3.05) is 30.8 Å². The standard InChI is InChI=1S/C13H23N3O2S/c1-4-6-9-16(5-2)12-8-7-11(14)10-13(12)19(17,18)15-3/h7-8,10,15H,4-6,9,14H2,1-3H3. The predicted molar refractivity (Wildman–Crippen MR) is 79.9 cm³/mol. The van der Waals surface area contributed by atoms with Crippen molar-refractivity contribution in [2.24, 2.45) is 0 Å². The van der Waals surface area contributed by atoms with Gasteiger partial charge in [0.1, 0.15) is 4.90 Å². The van der Waals surface area contributed by atoms with Crippen LogP contribution in [0.25, 0.3) is 0 Å². The highest BCUT2D eigenvalue weighted by molar-refractivity contribution is 7.89. The quantitative estimate of drug-likeness (QED) is 0.749. The Morgan fingerprint density at radius 1 is 1.32 bits per heavy atom. The second kappa shape index (κ2) is 6.77. The zero-order chi connectivity index (χ0) is 14.5. The van der Waals surface area contributed by atoms with E-state index in [-0.39, 0.29) is 4.90 Å². The average Bonchev–Trinajstić information content (AvgIpc) is 2.40. The lowest BCUT2D eigenvalue weighted by Gasteiger charge is -2.25. The summed E-state index contributed by atoms with van der Waals surface area (Å²) < 4.78 is 26.5. The van der Waals surface area contributed by atoms with E-state index in [1.54, 1.807) is 12.1 Å². The van der Waals surface area contributed by atoms with Crippen molar-refractivity contribution in [3.8, 4) is 0 Å². The fourth-order valence-corrected chi connectivity index (χ4v) is 2.90. The number of benzene rings is 1. The highest BCUT2D eigenvalue weighted by Gasteiger charge is 2.20. The smallest absolute Gasteiger partial charge is 0.242 e. The summed E-state index contributed by atoms with van der Waals surface area (Å²) in [4.78, 5) is 2.31. The van der Waals surface area contributed by atoms with E-state index in [1.807, 2.05) is 6.92 Å². The third-order valence-corrected chi connectivity index (χ3v) is 4.49. The molecule has 5 nitrogen and oxygen atoms in total. The van der Waals surface area contributed by atoms with Crippen LogP contribution in [0.3, 0.4) is 0 Å². The number of hydrogen-bond donors (Lipinski definition) is 2. The van der Waals surface area contributed by atoms with Gasteiger partial charge in [-0.3, -0.25) is 0 Å². The molecule has 0 heterocycles. The molecule has 108 valence electrons. The molecular weight excluding hydrogens is 262 g/mol. The molecular formula is C13H23N3O2S. The fraction of sp³-hybridized carbons (Fsp3) is 0.538. The van der Waals surface area contributed by atoms with Crippen LogP contribution in [0.1, 0.15) is 26.7 Å². The van der Waals surface area contributed by atoms with Crippen molar-refractivity contribution in [2.45, 2.75) is 31.6 Å². The number of nitrogens with two attached hydrogens (primary N) is 1. The Hall–Kier alpha value is -1.27. The van der Waals surface area contributed by atoms with Crippen molar-refractivity contribution in [1.29, 1.82) is 0 Å². The van der Waals surface area contributed by atoms with Gasteiger partial charge in [-0.25, -0.2) is 13.1 Å². The van der Waals surface area contributed by atoms with Crippen molar-refractivity contribution in [3.63, 3.8) is 0 Å². The molecule has 0 saturated heterocycles. The van der Waals surface area contributed by atoms with E-state index in [1.165, 1.54) is 13.1 Å². The molecule has 1 aromatic rings. The molecule has 6 heteroatoms. The van der Waals surface area contributed by atoms with E-state index in [9.17, 15) is 8.42 Å². The van der Waals surface area contributed by atoms with Gasteiger partial charge < -0.3 is 10.6 Å². The van der Waals surface area contributed by atoms with Crippen LogP contribution in [0.2, 0.25) is 0 Å². The SMILES string of the molecule is CCCCN(CC)c1ccc(N)cc1S(=O)(=O)NC. The average molecular weight is 285 g/mol. The van der Waals surface area contributed by atoms with Gasteiger partial charge in [-0.1, -0.05) is 13.3 Å². The first-order valence-corrected chi connectivity index (χ1v) is 8.02. The molecule has 0 saturated carbocycles. The molecule has 3 N–H and O–H groups in total. The third-order valence-electron chi connectivity index (χ3n) is 3.05. The molecule has 0 aromatic heterocycles. The summed E-state index contributed by atoms with van der Waals surface area (Å²) >= 11 is 0. The number of sulfonamides is 1. The monoisotopic (exact) mass is 285 g/mol. The van der Waals surface area contributed by atoms with Crippen LogP contribution in [0.15, 0.2) is 23.1 Å². The normalized spacial score (nSPS) is 11.5. The first kappa shape index (κ1) is 15.8. The Kier molecular flexibility index (Phi) is 5.62. The van der Waals surface area contributed by atoms with Crippen molar-refractivity contribution < 1.29 is 8.42 Å². The summed E-state index contributed by atoms with van der Waals surface area (Å²) in [7, 11) is -2.10. The minimum absolute atomic E-state index is 0.243. The first-order chi connectivity index (χ1) is 8.96. The van der Waals surface area contributed by atoms with Gasteiger partial charge in [-0.2, -0.15) is 0 Å². The van der Waals surface area contributed by atoms with Gasteiger partial charge >= 0.3 is 0 Å².